The van der Waals surface area contributed by atoms with Gasteiger partial charge in [0.15, 0.2) is 0 Å². The van der Waals surface area contributed by atoms with Crippen LogP contribution < -0.4 is 10.6 Å². The number of esters is 1. The zero-order valence-corrected chi connectivity index (χ0v) is 10.9. The number of nitrogens with two attached hydrogens (primary N) is 1. The lowest BCUT2D eigenvalue weighted by molar-refractivity contribution is 0.0460. The van der Waals surface area contributed by atoms with E-state index in [9.17, 15) is 4.79 Å². The van der Waals surface area contributed by atoms with E-state index < -0.39 is 0 Å². The van der Waals surface area contributed by atoms with Gasteiger partial charge in [-0.15, -0.1) is 0 Å². The van der Waals surface area contributed by atoms with Gasteiger partial charge in [0.25, 0.3) is 0 Å². The number of carbonyl (C=O) groups excluding carboxylic acids is 1. The molecule has 0 aromatic heterocycles. The fourth-order valence-electron chi connectivity index (χ4n) is 1.43. The fraction of sp³-hybridized carbons (Fsp3) is 0.462. The number of nitrogens with zero attached hydrogens (tertiary/aromatic N) is 1. The summed E-state index contributed by atoms with van der Waals surface area (Å²) in [5.41, 5.74) is 7.58. The predicted octanol–water partition coefficient (Wildman–Crippen LogP) is 2.15. The molecule has 0 heterocycles. The van der Waals surface area contributed by atoms with Crippen LogP contribution in [0.4, 0.5) is 11.4 Å². The molecule has 4 nitrogen and oxygen atoms in total. The molecule has 0 aliphatic heterocycles. The van der Waals surface area contributed by atoms with Crippen molar-refractivity contribution in [1.29, 1.82) is 0 Å². The van der Waals surface area contributed by atoms with E-state index in [-0.39, 0.29) is 5.97 Å². The maximum absolute atomic E-state index is 11.9. The average Bonchev–Trinajstić information content (AvgIpc) is 2.25. The summed E-state index contributed by atoms with van der Waals surface area (Å²) in [7, 11) is 3.76. The van der Waals surface area contributed by atoms with Gasteiger partial charge >= 0.3 is 5.97 Å². The molecular weight excluding hydrogens is 216 g/mol. The summed E-state index contributed by atoms with van der Waals surface area (Å²) >= 11 is 0. The van der Waals surface area contributed by atoms with Crippen molar-refractivity contribution >= 4 is 17.3 Å². The smallest absolute Gasteiger partial charge is 0.340 e. The molecule has 0 saturated carbocycles. The van der Waals surface area contributed by atoms with Crippen molar-refractivity contribution in [3.63, 3.8) is 0 Å². The molecule has 17 heavy (non-hydrogen) atoms. The van der Waals surface area contributed by atoms with E-state index in [1.165, 1.54) is 0 Å². The van der Waals surface area contributed by atoms with E-state index in [1.807, 2.05) is 38.9 Å². The lowest BCUT2D eigenvalue weighted by Crippen LogP contribution is -2.17. The third-order valence-corrected chi connectivity index (χ3v) is 2.27. The van der Waals surface area contributed by atoms with Crippen molar-refractivity contribution in [2.75, 3.05) is 31.3 Å². The van der Waals surface area contributed by atoms with Crippen LogP contribution in [0.3, 0.4) is 0 Å². The number of nitrogen functional groups attached to an aromatic ring is 1. The molecule has 0 fully saturated rings. The van der Waals surface area contributed by atoms with E-state index in [1.54, 1.807) is 12.1 Å². The average molecular weight is 236 g/mol. The van der Waals surface area contributed by atoms with Crippen molar-refractivity contribution in [1.82, 2.24) is 0 Å². The second-order valence-corrected chi connectivity index (χ2v) is 4.66. The fourth-order valence-corrected chi connectivity index (χ4v) is 1.43. The Hall–Kier alpha value is -1.71. The minimum absolute atomic E-state index is 0.322. The van der Waals surface area contributed by atoms with Gasteiger partial charge in [0, 0.05) is 19.8 Å². The molecule has 0 saturated heterocycles. The molecule has 1 aromatic rings. The Bertz CT molecular complexity index is 400. The SMILES string of the molecule is CC(C)COC(=O)c1cc(N)ccc1N(C)C. The number of rotatable bonds is 4. The van der Waals surface area contributed by atoms with Gasteiger partial charge in [-0.3, -0.25) is 0 Å². The second-order valence-electron chi connectivity index (χ2n) is 4.66. The Labute approximate surface area is 102 Å². The first-order valence-corrected chi connectivity index (χ1v) is 5.65. The van der Waals surface area contributed by atoms with Gasteiger partial charge in [0.1, 0.15) is 0 Å². The Morgan fingerprint density at radius 2 is 2.06 bits per heavy atom. The Morgan fingerprint density at radius 3 is 2.59 bits per heavy atom. The Morgan fingerprint density at radius 1 is 1.41 bits per heavy atom. The number of anilines is 2. The molecule has 0 bridgehead atoms. The van der Waals surface area contributed by atoms with Gasteiger partial charge in [0.05, 0.1) is 17.9 Å². The number of hydrogen-bond donors (Lipinski definition) is 1. The van der Waals surface area contributed by atoms with E-state index in [0.717, 1.165) is 5.69 Å². The van der Waals surface area contributed by atoms with Crippen molar-refractivity contribution in [3.8, 4) is 0 Å². The minimum Gasteiger partial charge on any atom is -0.462 e. The first kappa shape index (κ1) is 13.4. The molecular formula is C13H20N2O2. The summed E-state index contributed by atoms with van der Waals surface area (Å²) in [6, 6.07) is 5.24. The monoisotopic (exact) mass is 236 g/mol. The van der Waals surface area contributed by atoms with E-state index in [2.05, 4.69) is 0 Å². The molecule has 1 rings (SSSR count). The summed E-state index contributed by atoms with van der Waals surface area (Å²) in [6.07, 6.45) is 0. The highest BCUT2D eigenvalue weighted by Crippen LogP contribution is 2.22. The Balaban J connectivity index is 2.94. The quantitative estimate of drug-likeness (QED) is 0.643. The molecule has 0 amide bonds. The van der Waals surface area contributed by atoms with Crippen LogP contribution in [0.1, 0.15) is 24.2 Å². The van der Waals surface area contributed by atoms with Crippen LogP contribution in [0.25, 0.3) is 0 Å². The maximum atomic E-state index is 11.9. The highest BCUT2D eigenvalue weighted by molar-refractivity contribution is 5.96. The van der Waals surface area contributed by atoms with Gasteiger partial charge in [-0.1, -0.05) is 13.8 Å². The zero-order chi connectivity index (χ0) is 13.0. The van der Waals surface area contributed by atoms with Crippen LogP contribution in [-0.4, -0.2) is 26.7 Å². The van der Waals surface area contributed by atoms with Gasteiger partial charge in [0.2, 0.25) is 0 Å². The van der Waals surface area contributed by atoms with Crippen LogP contribution in [0, 0.1) is 5.92 Å². The third-order valence-electron chi connectivity index (χ3n) is 2.27. The first-order valence-electron chi connectivity index (χ1n) is 5.65. The summed E-state index contributed by atoms with van der Waals surface area (Å²) in [6.45, 7) is 4.42. The molecule has 4 heteroatoms. The summed E-state index contributed by atoms with van der Waals surface area (Å²) < 4.78 is 5.21. The second kappa shape index (κ2) is 5.57. The third kappa shape index (κ3) is 3.66. The normalized spacial score (nSPS) is 10.4. The van der Waals surface area contributed by atoms with Gasteiger partial charge in [-0.05, 0) is 24.1 Å². The molecule has 0 radical (unpaired) electrons. The standard InChI is InChI=1S/C13H20N2O2/c1-9(2)8-17-13(16)11-7-10(14)5-6-12(11)15(3)4/h5-7,9H,8,14H2,1-4H3. The summed E-state index contributed by atoms with van der Waals surface area (Å²) in [4.78, 5) is 13.8. The molecule has 0 aliphatic carbocycles. The van der Waals surface area contributed by atoms with Crippen LogP contribution in [0.15, 0.2) is 18.2 Å². The van der Waals surface area contributed by atoms with Crippen LogP contribution in [0.2, 0.25) is 0 Å². The maximum Gasteiger partial charge on any atom is 0.340 e. The van der Waals surface area contributed by atoms with E-state index >= 15 is 0 Å². The largest absolute Gasteiger partial charge is 0.462 e. The highest BCUT2D eigenvalue weighted by Gasteiger charge is 2.15. The van der Waals surface area contributed by atoms with E-state index in [0.29, 0.717) is 23.8 Å². The topological polar surface area (TPSA) is 55.6 Å². The minimum atomic E-state index is -0.324. The summed E-state index contributed by atoms with van der Waals surface area (Å²) in [5, 5.41) is 0. The lowest BCUT2D eigenvalue weighted by Gasteiger charge is -2.17. The molecule has 94 valence electrons. The molecule has 0 spiro atoms. The molecule has 2 N–H and O–H groups in total. The Kier molecular flexibility index (Phi) is 4.37. The van der Waals surface area contributed by atoms with Gasteiger partial charge < -0.3 is 15.4 Å². The van der Waals surface area contributed by atoms with Crippen molar-refractivity contribution in [3.05, 3.63) is 23.8 Å². The number of hydrogen-bond acceptors (Lipinski definition) is 4. The molecule has 0 aliphatic rings. The van der Waals surface area contributed by atoms with Crippen LogP contribution in [-0.2, 0) is 4.74 Å². The van der Waals surface area contributed by atoms with Gasteiger partial charge in [-0.25, -0.2) is 4.79 Å². The lowest BCUT2D eigenvalue weighted by atomic mass is 10.1. The number of benzene rings is 1. The van der Waals surface area contributed by atoms with E-state index in [4.69, 9.17) is 10.5 Å². The zero-order valence-electron chi connectivity index (χ0n) is 10.9. The molecule has 0 atom stereocenters. The van der Waals surface area contributed by atoms with Crippen molar-refractivity contribution < 1.29 is 9.53 Å². The summed E-state index contributed by atoms with van der Waals surface area (Å²) in [5.74, 6) is -0.00230. The van der Waals surface area contributed by atoms with Gasteiger partial charge in [-0.2, -0.15) is 0 Å². The first-order chi connectivity index (χ1) is 7.91. The van der Waals surface area contributed by atoms with Crippen molar-refractivity contribution in [2.45, 2.75) is 13.8 Å². The van der Waals surface area contributed by atoms with Crippen LogP contribution >= 0.6 is 0 Å². The number of ether oxygens (including phenoxy) is 1. The molecule has 0 unspecified atom stereocenters. The van der Waals surface area contributed by atoms with Crippen LogP contribution in [0.5, 0.6) is 0 Å². The predicted molar refractivity (Wildman–Crippen MR) is 70.3 cm³/mol. The highest BCUT2D eigenvalue weighted by atomic mass is 16.5. The van der Waals surface area contributed by atoms with Crippen molar-refractivity contribution in [2.24, 2.45) is 5.92 Å². The molecule has 1 aromatic carbocycles. The number of carbonyl (C=O) groups is 1.